The minimum Gasteiger partial charge on any atom is -0.444 e. The van der Waals surface area contributed by atoms with Crippen molar-refractivity contribution in [2.45, 2.75) is 45.3 Å². The molecule has 0 aliphatic carbocycles. The van der Waals surface area contributed by atoms with Crippen molar-refractivity contribution >= 4 is 6.09 Å². The number of hydrogen-bond donors (Lipinski definition) is 0. The van der Waals surface area contributed by atoms with Crippen molar-refractivity contribution in [1.29, 1.82) is 0 Å². The van der Waals surface area contributed by atoms with Crippen LogP contribution in [0.2, 0.25) is 0 Å². The predicted molar refractivity (Wildman–Crippen MR) is 60.3 cm³/mol. The molecule has 0 unspecified atom stereocenters. The Balaban J connectivity index is 1.90. The van der Waals surface area contributed by atoms with Crippen molar-refractivity contribution in [3.8, 4) is 0 Å². The molecule has 1 amide bonds. The maximum absolute atomic E-state index is 11.9. The van der Waals surface area contributed by atoms with Gasteiger partial charge in [-0.2, -0.15) is 0 Å². The Hall–Kier alpha value is -0.770. The highest BCUT2D eigenvalue weighted by Crippen LogP contribution is 2.29. The summed E-state index contributed by atoms with van der Waals surface area (Å²) in [6, 6.07) is 0. The van der Waals surface area contributed by atoms with Crippen molar-refractivity contribution in [1.82, 2.24) is 4.90 Å². The first-order valence-corrected chi connectivity index (χ1v) is 6.05. The van der Waals surface area contributed by atoms with Crippen LogP contribution in [0.3, 0.4) is 0 Å². The minimum absolute atomic E-state index is 0.203. The van der Waals surface area contributed by atoms with Crippen molar-refractivity contribution in [2.75, 3.05) is 19.7 Å². The van der Waals surface area contributed by atoms with Gasteiger partial charge in [0.05, 0.1) is 12.6 Å². The third-order valence-electron chi connectivity index (χ3n) is 3.08. The molecule has 2 fully saturated rings. The van der Waals surface area contributed by atoms with E-state index in [1.54, 1.807) is 4.90 Å². The monoisotopic (exact) mass is 227 g/mol. The Morgan fingerprint density at radius 3 is 2.75 bits per heavy atom. The van der Waals surface area contributed by atoms with Crippen molar-refractivity contribution in [2.24, 2.45) is 5.92 Å². The second-order valence-corrected chi connectivity index (χ2v) is 5.70. The van der Waals surface area contributed by atoms with Crippen molar-refractivity contribution in [3.63, 3.8) is 0 Å². The SMILES string of the molecule is CC(C)(C)OC(=O)N1C[C@@H]2CCCO[C@@H]2C1. The first-order valence-electron chi connectivity index (χ1n) is 6.05. The maximum Gasteiger partial charge on any atom is 0.410 e. The van der Waals surface area contributed by atoms with Gasteiger partial charge in [-0.3, -0.25) is 0 Å². The molecule has 0 saturated carbocycles. The Labute approximate surface area is 96.9 Å². The zero-order valence-corrected chi connectivity index (χ0v) is 10.4. The number of fused-ring (bicyclic) bond motifs is 1. The zero-order chi connectivity index (χ0) is 11.8. The molecule has 4 heteroatoms. The van der Waals surface area contributed by atoms with E-state index in [0.717, 1.165) is 19.6 Å². The summed E-state index contributed by atoms with van der Waals surface area (Å²) < 4.78 is 11.0. The number of amides is 1. The van der Waals surface area contributed by atoms with E-state index >= 15 is 0 Å². The molecule has 2 rings (SSSR count). The topological polar surface area (TPSA) is 38.8 Å². The summed E-state index contributed by atoms with van der Waals surface area (Å²) in [6.45, 7) is 8.00. The molecule has 0 radical (unpaired) electrons. The number of nitrogens with zero attached hydrogens (tertiary/aromatic N) is 1. The fourth-order valence-electron chi connectivity index (χ4n) is 2.36. The molecule has 0 N–H and O–H groups in total. The molecule has 0 aromatic heterocycles. The molecule has 2 saturated heterocycles. The Bertz CT molecular complexity index is 258. The van der Waals surface area contributed by atoms with E-state index in [4.69, 9.17) is 9.47 Å². The van der Waals surface area contributed by atoms with E-state index in [9.17, 15) is 4.79 Å². The molecule has 0 aromatic rings. The lowest BCUT2D eigenvalue weighted by Gasteiger charge is -2.24. The van der Waals surface area contributed by atoms with Crippen LogP contribution in [-0.4, -0.2) is 42.4 Å². The first-order chi connectivity index (χ1) is 7.46. The number of likely N-dealkylation sites (tertiary alicyclic amines) is 1. The molecule has 16 heavy (non-hydrogen) atoms. The van der Waals surface area contributed by atoms with Crippen LogP contribution in [-0.2, 0) is 9.47 Å². The van der Waals surface area contributed by atoms with Crippen LogP contribution in [0.15, 0.2) is 0 Å². The van der Waals surface area contributed by atoms with Crippen LogP contribution in [0.25, 0.3) is 0 Å². The Morgan fingerprint density at radius 2 is 2.12 bits per heavy atom. The van der Waals surface area contributed by atoms with Gasteiger partial charge in [-0.05, 0) is 33.6 Å². The fourth-order valence-corrected chi connectivity index (χ4v) is 2.36. The maximum atomic E-state index is 11.9. The fraction of sp³-hybridized carbons (Fsp3) is 0.917. The summed E-state index contributed by atoms with van der Waals surface area (Å²) >= 11 is 0. The summed E-state index contributed by atoms with van der Waals surface area (Å²) in [5.41, 5.74) is -0.411. The summed E-state index contributed by atoms with van der Waals surface area (Å²) in [6.07, 6.45) is 2.32. The summed E-state index contributed by atoms with van der Waals surface area (Å²) in [7, 11) is 0. The molecule has 2 aliphatic heterocycles. The first kappa shape index (κ1) is 11.7. The lowest BCUT2D eigenvalue weighted by molar-refractivity contribution is -0.00346. The second-order valence-electron chi connectivity index (χ2n) is 5.70. The van der Waals surface area contributed by atoms with Gasteiger partial charge < -0.3 is 14.4 Å². The molecule has 0 bridgehead atoms. The van der Waals surface area contributed by atoms with Crippen LogP contribution in [0.1, 0.15) is 33.6 Å². The van der Waals surface area contributed by atoms with Gasteiger partial charge in [-0.1, -0.05) is 0 Å². The smallest absolute Gasteiger partial charge is 0.410 e. The van der Waals surface area contributed by atoms with Gasteiger partial charge in [0.15, 0.2) is 0 Å². The van der Waals surface area contributed by atoms with Gasteiger partial charge >= 0.3 is 6.09 Å². The summed E-state index contributed by atoms with van der Waals surface area (Å²) in [5, 5.41) is 0. The van der Waals surface area contributed by atoms with Crippen molar-refractivity contribution in [3.05, 3.63) is 0 Å². The Kier molecular flexibility index (Phi) is 3.10. The van der Waals surface area contributed by atoms with Crippen LogP contribution < -0.4 is 0 Å². The highest BCUT2D eigenvalue weighted by Gasteiger charge is 2.38. The van der Waals surface area contributed by atoms with E-state index in [1.165, 1.54) is 6.42 Å². The molecule has 0 aromatic carbocycles. The lowest BCUT2D eigenvalue weighted by atomic mass is 9.98. The number of carbonyl (C=O) groups excluding carboxylic acids is 1. The molecule has 4 nitrogen and oxygen atoms in total. The third-order valence-corrected chi connectivity index (χ3v) is 3.08. The van der Waals surface area contributed by atoms with Crippen LogP contribution in [0, 0.1) is 5.92 Å². The molecule has 92 valence electrons. The van der Waals surface area contributed by atoms with Crippen LogP contribution in [0.4, 0.5) is 4.79 Å². The van der Waals surface area contributed by atoms with E-state index in [-0.39, 0.29) is 12.2 Å². The van der Waals surface area contributed by atoms with Gasteiger partial charge in [0.1, 0.15) is 5.60 Å². The van der Waals surface area contributed by atoms with Crippen LogP contribution >= 0.6 is 0 Å². The molecular weight excluding hydrogens is 206 g/mol. The Morgan fingerprint density at radius 1 is 1.38 bits per heavy atom. The van der Waals surface area contributed by atoms with E-state index in [0.29, 0.717) is 12.5 Å². The highest BCUT2D eigenvalue weighted by atomic mass is 16.6. The zero-order valence-electron chi connectivity index (χ0n) is 10.4. The average Bonchev–Trinajstić information content (AvgIpc) is 2.58. The highest BCUT2D eigenvalue weighted by molar-refractivity contribution is 5.68. The van der Waals surface area contributed by atoms with Gasteiger partial charge in [0.25, 0.3) is 0 Å². The molecule has 2 aliphatic rings. The minimum atomic E-state index is -0.411. The number of carbonyl (C=O) groups is 1. The summed E-state index contributed by atoms with van der Waals surface area (Å²) in [5.74, 6) is 0.515. The second kappa shape index (κ2) is 4.24. The average molecular weight is 227 g/mol. The number of rotatable bonds is 0. The normalized spacial score (nSPS) is 30.1. The standard InChI is InChI=1S/C12H21NO3/c1-12(2,3)16-11(14)13-7-9-5-4-6-15-10(9)8-13/h9-10H,4-8H2,1-3H3/t9-,10+/m0/s1. The molecular formula is C12H21NO3. The van der Waals surface area contributed by atoms with Gasteiger partial charge in [-0.15, -0.1) is 0 Å². The van der Waals surface area contributed by atoms with E-state index in [1.807, 2.05) is 20.8 Å². The number of hydrogen-bond acceptors (Lipinski definition) is 3. The lowest BCUT2D eigenvalue weighted by Crippen LogP contribution is -2.36. The quantitative estimate of drug-likeness (QED) is 0.635. The van der Waals surface area contributed by atoms with Gasteiger partial charge in [0.2, 0.25) is 0 Å². The summed E-state index contributed by atoms with van der Waals surface area (Å²) in [4.78, 5) is 13.6. The predicted octanol–water partition coefficient (Wildman–Crippen LogP) is 2.03. The van der Waals surface area contributed by atoms with Gasteiger partial charge in [0, 0.05) is 19.1 Å². The molecule has 2 heterocycles. The van der Waals surface area contributed by atoms with Gasteiger partial charge in [-0.25, -0.2) is 4.79 Å². The van der Waals surface area contributed by atoms with E-state index in [2.05, 4.69) is 0 Å². The largest absolute Gasteiger partial charge is 0.444 e. The number of ether oxygens (including phenoxy) is 2. The van der Waals surface area contributed by atoms with Crippen molar-refractivity contribution < 1.29 is 14.3 Å². The van der Waals surface area contributed by atoms with E-state index < -0.39 is 5.60 Å². The molecule has 0 spiro atoms. The molecule has 2 atom stereocenters. The van der Waals surface area contributed by atoms with Crippen LogP contribution in [0.5, 0.6) is 0 Å². The third kappa shape index (κ3) is 2.67.